The van der Waals surface area contributed by atoms with Crippen molar-refractivity contribution in [2.24, 2.45) is 23.2 Å². The van der Waals surface area contributed by atoms with Gasteiger partial charge in [-0.25, -0.2) is 13.4 Å². The van der Waals surface area contributed by atoms with Gasteiger partial charge < -0.3 is 10.0 Å². The van der Waals surface area contributed by atoms with Crippen LogP contribution in [0, 0.1) is 23.2 Å². The highest BCUT2D eigenvalue weighted by Gasteiger charge is 2.54. The van der Waals surface area contributed by atoms with Gasteiger partial charge in [-0.1, -0.05) is 45.0 Å². The van der Waals surface area contributed by atoms with Crippen LogP contribution in [0.4, 0.5) is 5.13 Å². The molecule has 0 aliphatic heterocycles. The summed E-state index contributed by atoms with van der Waals surface area (Å²) in [6.45, 7) is 10.4. The second-order valence-electron chi connectivity index (χ2n) is 11.4. The Morgan fingerprint density at radius 3 is 2.85 bits per heavy atom. The van der Waals surface area contributed by atoms with E-state index in [0.717, 1.165) is 35.2 Å². The Hall–Kier alpha value is -2.82. The molecule has 1 fully saturated rings. The summed E-state index contributed by atoms with van der Waals surface area (Å²) in [5.41, 5.74) is 1.08. The molecular weight excluding hydrogens is 532 g/mol. The molecule has 0 radical (unpaired) electrons. The van der Waals surface area contributed by atoms with Crippen LogP contribution in [0.5, 0.6) is 0 Å². The van der Waals surface area contributed by atoms with E-state index in [4.69, 9.17) is 4.98 Å². The quantitative estimate of drug-likeness (QED) is 0.395. The van der Waals surface area contributed by atoms with Crippen LogP contribution in [0.1, 0.15) is 50.1 Å². The van der Waals surface area contributed by atoms with E-state index in [9.17, 15) is 18.3 Å². The van der Waals surface area contributed by atoms with Gasteiger partial charge in [0.25, 0.3) is 10.0 Å². The van der Waals surface area contributed by atoms with Crippen LogP contribution >= 0.6 is 11.3 Å². The van der Waals surface area contributed by atoms with E-state index in [1.54, 1.807) is 42.4 Å². The van der Waals surface area contributed by atoms with Gasteiger partial charge in [-0.3, -0.25) is 14.5 Å². The van der Waals surface area contributed by atoms with Crippen molar-refractivity contribution in [3.05, 3.63) is 59.8 Å². The monoisotopic (exact) mass is 568 g/mol. The zero-order valence-corrected chi connectivity index (χ0v) is 24.4. The first-order chi connectivity index (χ1) is 18.5. The van der Waals surface area contributed by atoms with Crippen LogP contribution in [0.2, 0.25) is 0 Å². The molecular formula is C29H36N4O4S2. The minimum absolute atomic E-state index is 0.0139. The number of amides is 1. The molecule has 208 valence electrons. The van der Waals surface area contributed by atoms with Crippen molar-refractivity contribution in [1.29, 1.82) is 0 Å². The van der Waals surface area contributed by atoms with Crippen LogP contribution < -0.4 is 4.72 Å². The summed E-state index contributed by atoms with van der Waals surface area (Å²) >= 11 is 1.37. The van der Waals surface area contributed by atoms with Gasteiger partial charge in [-0.15, -0.1) is 17.9 Å². The van der Waals surface area contributed by atoms with Crippen LogP contribution in [-0.2, 0) is 21.2 Å². The van der Waals surface area contributed by atoms with Crippen LogP contribution in [0.15, 0.2) is 54.1 Å². The largest absolute Gasteiger partial charge is 0.392 e. The predicted octanol–water partition coefficient (Wildman–Crippen LogP) is 4.83. The molecule has 2 aliphatic rings. The smallest absolute Gasteiger partial charge is 0.265 e. The molecule has 2 aliphatic carbocycles. The summed E-state index contributed by atoms with van der Waals surface area (Å²) in [5.74, 6) is -0.617. The number of carbonyl (C=O) groups excluding carboxylic acids is 1. The van der Waals surface area contributed by atoms with E-state index in [1.807, 2.05) is 19.1 Å². The lowest BCUT2D eigenvalue weighted by Crippen LogP contribution is -2.53. The van der Waals surface area contributed by atoms with Crippen LogP contribution in [0.25, 0.3) is 10.9 Å². The Balaban J connectivity index is 1.41. The summed E-state index contributed by atoms with van der Waals surface area (Å²) < 4.78 is 29.5. The average molecular weight is 569 g/mol. The van der Waals surface area contributed by atoms with Gasteiger partial charge in [0, 0.05) is 41.9 Å². The Labute approximate surface area is 234 Å². The minimum Gasteiger partial charge on any atom is -0.392 e. The van der Waals surface area contributed by atoms with Gasteiger partial charge in [0.1, 0.15) is 4.90 Å². The topological polar surface area (TPSA) is 112 Å². The number of aliphatic hydroxyl groups excluding tert-OH is 1. The molecule has 2 aromatic heterocycles. The molecule has 2 N–H and O–H groups in total. The van der Waals surface area contributed by atoms with Crippen molar-refractivity contribution < 1.29 is 18.3 Å². The molecule has 10 heteroatoms. The zero-order chi connectivity index (χ0) is 28.1. The molecule has 39 heavy (non-hydrogen) atoms. The van der Waals surface area contributed by atoms with E-state index >= 15 is 0 Å². The second-order valence-corrected chi connectivity index (χ2v) is 14.1. The van der Waals surface area contributed by atoms with Crippen molar-refractivity contribution in [1.82, 2.24) is 14.9 Å². The number of aromatic nitrogens is 2. The highest BCUT2D eigenvalue weighted by Crippen LogP contribution is 2.57. The number of benzene rings is 1. The average Bonchev–Trinajstić information content (AvgIpc) is 3.28. The fourth-order valence-corrected chi connectivity index (χ4v) is 9.55. The van der Waals surface area contributed by atoms with Crippen molar-refractivity contribution in [2.45, 2.75) is 57.0 Å². The Morgan fingerprint density at radius 1 is 1.36 bits per heavy atom. The summed E-state index contributed by atoms with van der Waals surface area (Å²) in [4.78, 5) is 24.9. The van der Waals surface area contributed by atoms with E-state index in [0.29, 0.717) is 17.2 Å². The first-order valence-corrected chi connectivity index (χ1v) is 15.7. The number of sulfonamides is 1. The van der Waals surface area contributed by atoms with Gasteiger partial charge >= 0.3 is 0 Å². The molecule has 8 nitrogen and oxygen atoms in total. The third kappa shape index (κ3) is 4.87. The SMILES string of the molecule is C=CCN(C)C(=O)[C@@H](C)[C@@H]1CC[C@@]2(C)Cc3sc(NS(=O)(=O)c4cccc5cccnc45)nc3[C@@H](C)[C@@H]2[C@H]1O. The fourth-order valence-electron chi connectivity index (χ4n) is 6.87. The predicted molar refractivity (Wildman–Crippen MR) is 154 cm³/mol. The van der Waals surface area contributed by atoms with Crippen LogP contribution in [0.3, 0.4) is 0 Å². The lowest BCUT2D eigenvalue weighted by Gasteiger charge is -2.53. The molecule has 5 rings (SSSR count). The maximum absolute atomic E-state index is 13.4. The minimum atomic E-state index is -3.91. The fraction of sp³-hybridized carbons (Fsp3) is 0.483. The maximum atomic E-state index is 13.4. The lowest BCUT2D eigenvalue weighted by atomic mass is 9.53. The Kier molecular flexibility index (Phi) is 7.32. The van der Waals surface area contributed by atoms with Crippen molar-refractivity contribution in [2.75, 3.05) is 18.3 Å². The van der Waals surface area contributed by atoms with Gasteiger partial charge in [-0.05, 0) is 48.6 Å². The molecule has 1 saturated carbocycles. The number of thiazole rings is 1. The number of para-hydroxylation sites is 1. The first-order valence-electron chi connectivity index (χ1n) is 13.4. The highest BCUT2D eigenvalue weighted by atomic mass is 32.2. The molecule has 0 unspecified atom stereocenters. The van der Waals surface area contributed by atoms with Gasteiger partial charge in [0.05, 0.1) is 17.3 Å². The van der Waals surface area contributed by atoms with Crippen LogP contribution in [-0.4, -0.2) is 54.0 Å². The number of anilines is 1. The molecule has 1 amide bonds. The summed E-state index contributed by atoms with van der Waals surface area (Å²) in [6.07, 6.45) is 4.98. The number of nitrogens with one attached hydrogen (secondary N) is 1. The molecule has 3 aromatic rings. The lowest BCUT2D eigenvalue weighted by molar-refractivity contribution is -0.143. The number of fused-ring (bicyclic) bond motifs is 3. The van der Waals surface area contributed by atoms with Crippen molar-refractivity contribution in [3.63, 3.8) is 0 Å². The third-order valence-electron chi connectivity index (χ3n) is 8.84. The molecule has 0 saturated heterocycles. The number of hydrogen-bond acceptors (Lipinski definition) is 7. The Bertz CT molecular complexity index is 1520. The molecule has 6 atom stereocenters. The number of likely N-dealkylation sites (N-methyl/N-ethyl adjacent to an activating group) is 1. The number of nitrogens with zero attached hydrogens (tertiary/aromatic N) is 3. The maximum Gasteiger partial charge on any atom is 0.265 e. The summed E-state index contributed by atoms with van der Waals surface area (Å²) in [5, 5.41) is 12.7. The van der Waals surface area contributed by atoms with E-state index in [1.165, 1.54) is 11.3 Å². The number of pyridine rings is 1. The summed E-state index contributed by atoms with van der Waals surface area (Å²) in [7, 11) is -2.15. The zero-order valence-electron chi connectivity index (χ0n) is 22.8. The third-order valence-corrected chi connectivity index (χ3v) is 11.3. The number of aliphatic hydroxyl groups is 1. The number of carbonyl (C=O) groups is 1. The molecule has 0 spiro atoms. The van der Waals surface area contributed by atoms with E-state index < -0.39 is 16.1 Å². The van der Waals surface area contributed by atoms with E-state index in [-0.39, 0.29) is 39.9 Å². The molecule has 2 heterocycles. The molecule has 0 bridgehead atoms. The van der Waals surface area contributed by atoms with E-state index in [2.05, 4.69) is 30.1 Å². The van der Waals surface area contributed by atoms with Crippen molar-refractivity contribution >= 4 is 43.3 Å². The van der Waals surface area contributed by atoms with Gasteiger partial charge in [0.15, 0.2) is 5.13 Å². The number of hydrogen-bond donors (Lipinski definition) is 2. The first kappa shape index (κ1) is 27.7. The second kappa shape index (κ2) is 10.3. The number of rotatable bonds is 7. The molecule has 1 aromatic carbocycles. The normalized spacial score (nSPS) is 27.3. The standard InChI is InChI=1S/C29H36N4O4S2/c1-6-15-33(5)27(35)17(2)20-12-13-29(4)16-21-24(18(3)23(29)26(20)34)31-28(38-21)32-39(36,37)22-11-7-9-19-10-8-14-30-25(19)22/h6-11,14,17-18,20,23,26,34H,1,12-13,15-16H2,2-5H3,(H,31,32)/t17-,18-,20-,23+,26-,29-/m0/s1. The summed E-state index contributed by atoms with van der Waals surface area (Å²) in [6, 6.07) is 8.69. The van der Waals surface area contributed by atoms with Gasteiger partial charge in [0.2, 0.25) is 5.91 Å². The Morgan fingerprint density at radius 2 is 2.10 bits per heavy atom. The van der Waals surface area contributed by atoms with Gasteiger partial charge in [-0.2, -0.15) is 0 Å². The van der Waals surface area contributed by atoms with Crippen molar-refractivity contribution in [3.8, 4) is 0 Å². The highest BCUT2D eigenvalue weighted by molar-refractivity contribution is 7.93.